The number of carbonyl (C=O) groups excluding carboxylic acids is 1. The zero-order chi connectivity index (χ0) is 27.2. The van der Waals surface area contributed by atoms with Gasteiger partial charge in [-0.3, -0.25) is 0 Å². The van der Waals surface area contributed by atoms with Gasteiger partial charge >= 0.3 is 24.6 Å². The van der Waals surface area contributed by atoms with E-state index in [1.165, 1.54) is 17.0 Å². The van der Waals surface area contributed by atoms with Crippen molar-refractivity contribution < 1.29 is 44.3 Å². The number of urea groups is 1. The van der Waals surface area contributed by atoms with E-state index in [2.05, 4.69) is 5.32 Å². The van der Waals surface area contributed by atoms with Crippen LogP contribution in [0.15, 0.2) is 60.8 Å². The second kappa shape index (κ2) is 9.34. The molecule has 0 bridgehead atoms. The average molecular weight is 535 g/mol. The van der Waals surface area contributed by atoms with Gasteiger partial charge in [-0.25, -0.2) is 4.79 Å². The fourth-order valence-electron chi connectivity index (χ4n) is 4.23. The molecule has 2 aromatic carbocycles. The summed E-state index contributed by atoms with van der Waals surface area (Å²) in [5.74, 6) is 0. The molecular formula is C24H18F9N3O. The lowest BCUT2D eigenvalue weighted by atomic mass is 10.0. The molecule has 0 saturated heterocycles. The summed E-state index contributed by atoms with van der Waals surface area (Å²) in [6, 6.07) is 6.11. The van der Waals surface area contributed by atoms with E-state index >= 15 is 0 Å². The Kier molecular flexibility index (Phi) is 6.67. The Morgan fingerprint density at radius 1 is 0.757 bits per heavy atom. The number of aromatic nitrogens is 1. The van der Waals surface area contributed by atoms with Gasteiger partial charge in [0.2, 0.25) is 0 Å². The molecule has 13 heteroatoms. The first kappa shape index (κ1) is 26.4. The molecule has 4 nitrogen and oxygen atoms in total. The van der Waals surface area contributed by atoms with Crippen LogP contribution in [-0.4, -0.2) is 22.0 Å². The number of halogens is 9. The highest BCUT2D eigenvalue weighted by Crippen LogP contribution is 2.39. The Bertz CT molecular complexity index is 1240. The molecule has 2 amide bonds. The van der Waals surface area contributed by atoms with Gasteiger partial charge in [0.25, 0.3) is 0 Å². The van der Waals surface area contributed by atoms with E-state index in [1.807, 2.05) is 0 Å². The molecule has 0 spiro atoms. The molecule has 1 aromatic heterocycles. The largest absolute Gasteiger partial charge is 0.416 e. The number of nitrogens with one attached hydrogen (secondary N) is 1. The number of nitrogens with zero attached hydrogens (tertiary/aromatic N) is 2. The number of fused-ring (bicyclic) bond motifs is 1. The molecule has 1 aliphatic heterocycles. The van der Waals surface area contributed by atoms with Crippen molar-refractivity contribution >= 4 is 11.7 Å². The molecule has 0 radical (unpaired) electrons. The quantitative estimate of drug-likeness (QED) is 0.338. The van der Waals surface area contributed by atoms with Crippen LogP contribution in [0.4, 0.5) is 50.0 Å². The lowest BCUT2D eigenvalue weighted by Gasteiger charge is -2.31. The minimum absolute atomic E-state index is 0.0320. The van der Waals surface area contributed by atoms with Gasteiger partial charge in [0.05, 0.1) is 22.7 Å². The van der Waals surface area contributed by atoms with Crippen molar-refractivity contribution in [1.29, 1.82) is 0 Å². The van der Waals surface area contributed by atoms with Gasteiger partial charge in [-0.2, -0.15) is 39.5 Å². The predicted octanol–water partition coefficient (Wildman–Crippen LogP) is 7.57. The van der Waals surface area contributed by atoms with Crippen molar-refractivity contribution in [1.82, 2.24) is 9.47 Å². The molecule has 1 N–H and O–H groups in total. The van der Waals surface area contributed by atoms with Gasteiger partial charge in [0.15, 0.2) is 0 Å². The first-order chi connectivity index (χ1) is 17.1. The summed E-state index contributed by atoms with van der Waals surface area (Å²) < 4.78 is 120. The molecule has 4 rings (SSSR count). The Morgan fingerprint density at radius 2 is 1.32 bits per heavy atom. The van der Waals surface area contributed by atoms with Gasteiger partial charge < -0.3 is 14.8 Å². The Balaban J connectivity index is 1.72. The highest BCUT2D eigenvalue weighted by Gasteiger charge is 2.38. The standard InChI is InChI=1S/C24H18F9N3O/c25-22(26,27)15-6-4-14(5-7-15)20-19-3-1-8-35(19)9-2-10-36(20)21(37)34-18-12-16(23(28,29)30)11-17(13-18)24(31,32)33/h1,3-8,11-13,20H,2,9-10H2,(H,34,37). The summed E-state index contributed by atoms with van der Waals surface area (Å²) in [6.07, 6.45) is -12.7. The molecular weight excluding hydrogens is 517 g/mol. The zero-order valence-corrected chi connectivity index (χ0v) is 18.7. The number of hydrogen-bond donors (Lipinski definition) is 1. The maximum Gasteiger partial charge on any atom is 0.416 e. The second-order valence-corrected chi connectivity index (χ2v) is 8.42. The maximum absolute atomic E-state index is 13.2. The number of amides is 2. The fraction of sp³-hybridized carbons (Fsp3) is 0.292. The van der Waals surface area contributed by atoms with Gasteiger partial charge in [-0.05, 0) is 54.4 Å². The van der Waals surface area contributed by atoms with Gasteiger partial charge in [-0.1, -0.05) is 12.1 Å². The van der Waals surface area contributed by atoms with E-state index < -0.39 is 53.0 Å². The average Bonchev–Trinajstić information content (AvgIpc) is 3.17. The summed E-state index contributed by atoms with van der Waals surface area (Å²) in [6.45, 7) is 0.468. The normalized spacial score (nSPS) is 16.8. The van der Waals surface area contributed by atoms with Crippen molar-refractivity contribution in [2.45, 2.75) is 37.5 Å². The topological polar surface area (TPSA) is 37.3 Å². The molecule has 198 valence electrons. The molecule has 0 fully saturated rings. The van der Waals surface area contributed by atoms with Crippen LogP contribution in [0, 0.1) is 0 Å². The summed E-state index contributed by atoms with van der Waals surface area (Å²) in [4.78, 5) is 14.4. The number of anilines is 1. The predicted molar refractivity (Wildman–Crippen MR) is 115 cm³/mol. The monoisotopic (exact) mass is 535 g/mol. The van der Waals surface area contributed by atoms with Crippen molar-refractivity contribution in [3.63, 3.8) is 0 Å². The molecule has 37 heavy (non-hydrogen) atoms. The molecule has 0 aliphatic carbocycles. The molecule has 1 unspecified atom stereocenters. The van der Waals surface area contributed by atoms with Gasteiger partial charge in [0, 0.05) is 30.7 Å². The molecule has 1 atom stereocenters. The number of rotatable bonds is 2. The van der Waals surface area contributed by atoms with Crippen LogP contribution in [0.1, 0.15) is 40.4 Å². The van der Waals surface area contributed by atoms with E-state index in [9.17, 15) is 44.3 Å². The number of carbonyl (C=O) groups is 1. The summed E-state index contributed by atoms with van der Waals surface area (Å²) >= 11 is 0. The fourth-order valence-corrected chi connectivity index (χ4v) is 4.23. The SMILES string of the molecule is O=C(Nc1cc(C(F)(F)F)cc(C(F)(F)F)c1)N1CCCn2cccc2C1c1ccc(C(F)(F)F)cc1. The highest BCUT2D eigenvalue weighted by atomic mass is 19.4. The first-order valence-electron chi connectivity index (χ1n) is 10.8. The smallest absolute Gasteiger partial charge is 0.349 e. The van der Waals surface area contributed by atoms with E-state index in [0.29, 0.717) is 30.8 Å². The van der Waals surface area contributed by atoms with Crippen LogP contribution in [0.5, 0.6) is 0 Å². The van der Waals surface area contributed by atoms with Crippen molar-refractivity contribution in [2.24, 2.45) is 0 Å². The third-order valence-corrected chi connectivity index (χ3v) is 5.91. The third-order valence-electron chi connectivity index (χ3n) is 5.91. The van der Waals surface area contributed by atoms with Gasteiger partial charge in [-0.15, -0.1) is 0 Å². The van der Waals surface area contributed by atoms with Crippen LogP contribution in [0.3, 0.4) is 0 Å². The highest BCUT2D eigenvalue weighted by molar-refractivity contribution is 5.90. The van der Waals surface area contributed by atoms with Crippen LogP contribution >= 0.6 is 0 Å². The molecule has 3 aromatic rings. The minimum atomic E-state index is -5.10. The summed E-state index contributed by atoms with van der Waals surface area (Å²) in [5, 5.41) is 2.12. The maximum atomic E-state index is 13.2. The second-order valence-electron chi connectivity index (χ2n) is 8.42. The van der Waals surface area contributed by atoms with Crippen LogP contribution in [-0.2, 0) is 25.1 Å². The minimum Gasteiger partial charge on any atom is -0.349 e. The van der Waals surface area contributed by atoms with Crippen LogP contribution in [0.25, 0.3) is 0 Å². The van der Waals surface area contributed by atoms with E-state index in [0.717, 1.165) is 12.1 Å². The van der Waals surface area contributed by atoms with E-state index in [1.54, 1.807) is 22.9 Å². The van der Waals surface area contributed by atoms with Gasteiger partial charge in [0.1, 0.15) is 0 Å². The number of alkyl halides is 9. The third kappa shape index (κ3) is 5.70. The number of benzene rings is 2. The Labute approximate surface area is 204 Å². The Hall–Kier alpha value is -3.64. The lowest BCUT2D eigenvalue weighted by molar-refractivity contribution is -0.143. The first-order valence-corrected chi connectivity index (χ1v) is 10.8. The molecule has 1 aliphatic rings. The Morgan fingerprint density at radius 3 is 1.86 bits per heavy atom. The van der Waals surface area contributed by atoms with Crippen molar-refractivity contribution in [3.05, 3.63) is 88.7 Å². The lowest BCUT2D eigenvalue weighted by Crippen LogP contribution is -2.39. The van der Waals surface area contributed by atoms with Crippen molar-refractivity contribution in [3.8, 4) is 0 Å². The number of hydrogen-bond acceptors (Lipinski definition) is 1. The van der Waals surface area contributed by atoms with Crippen LogP contribution in [0.2, 0.25) is 0 Å². The summed E-state index contributed by atoms with van der Waals surface area (Å²) in [5.41, 5.74) is -4.03. The number of aryl methyl sites for hydroxylation is 1. The molecule has 2 heterocycles. The summed E-state index contributed by atoms with van der Waals surface area (Å²) in [7, 11) is 0. The zero-order valence-electron chi connectivity index (χ0n) is 18.7. The van der Waals surface area contributed by atoms with Crippen molar-refractivity contribution in [2.75, 3.05) is 11.9 Å². The van der Waals surface area contributed by atoms with E-state index in [4.69, 9.17) is 0 Å². The molecule has 0 saturated carbocycles. The van der Waals surface area contributed by atoms with E-state index in [-0.39, 0.29) is 18.2 Å². The van der Waals surface area contributed by atoms with Crippen LogP contribution < -0.4 is 5.32 Å².